The quantitative estimate of drug-likeness (QED) is 0.652. The summed E-state index contributed by atoms with van der Waals surface area (Å²) in [6.07, 6.45) is 4.84. The summed E-state index contributed by atoms with van der Waals surface area (Å²) in [5.41, 5.74) is 5.26. The first kappa shape index (κ1) is 18.8. The Morgan fingerprint density at radius 3 is 2.00 bits per heavy atom. The molecule has 0 spiro atoms. The molecule has 1 atom stereocenters. The van der Waals surface area contributed by atoms with Crippen molar-refractivity contribution >= 4 is 11.9 Å². The topological polar surface area (TPSA) is 92.4 Å². The van der Waals surface area contributed by atoms with Crippen LogP contribution in [0.2, 0.25) is 0 Å². The molecule has 0 heterocycles. The van der Waals surface area contributed by atoms with Gasteiger partial charge in [0.05, 0.1) is 0 Å². The minimum absolute atomic E-state index is 0.0208. The van der Waals surface area contributed by atoms with Crippen molar-refractivity contribution in [2.45, 2.75) is 40.7 Å². The standard InChI is InChI=1S/C8H13NO.C5H11NO2/c1-5-7(10)9-6-8(2,3)4;1-3(2)4(6)5(7)8/h1H,6H2,2-4H3,(H,9,10);3-4H,6H2,1-2H3,(H,7,8)/t;4-/m.0/s1. The zero-order valence-corrected chi connectivity index (χ0v) is 11.8. The summed E-state index contributed by atoms with van der Waals surface area (Å²) >= 11 is 0. The van der Waals surface area contributed by atoms with Crippen LogP contribution in [0.3, 0.4) is 0 Å². The Kier molecular flexibility index (Phi) is 8.92. The van der Waals surface area contributed by atoms with Gasteiger partial charge in [-0.25, -0.2) is 0 Å². The van der Waals surface area contributed by atoms with Gasteiger partial charge in [0.1, 0.15) is 6.04 Å². The fourth-order valence-corrected chi connectivity index (χ4v) is 0.682. The third kappa shape index (κ3) is 12.5. The number of nitrogens with one attached hydrogen (secondary N) is 1. The number of aliphatic carboxylic acids is 1. The first-order chi connectivity index (χ1) is 8.01. The van der Waals surface area contributed by atoms with Crippen LogP contribution in [0.4, 0.5) is 0 Å². The van der Waals surface area contributed by atoms with Gasteiger partial charge in [0.2, 0.25) is 0 Å². The van der Waals surface area contributed by atoms with Crippen molar-refractivity contribution in [1.82, 2.24) is 5.32 Å². The molecule has 0 bridgehead atoms. The molecule has 0 aliphatic carbocycles. The second-order valence-corrected chi connectivity index (χ2v) is 5.50. The van der Waals surface area contributed by atoms with Crippen molar-refractivity contribution in [3.8, 4) is 12.3 Å². The van der Waals surface area contributed by atoms with Gasteiger partial charge < -0.3 is 16.2 Å². The van der Waals surface area contributed by atoms with E-state index in [-0.39, 0.29) is 17.2 Å². The van der Waals surface area contributed by atoms with Crippen molar-refractivity contribution in [2.24, 2.45) is 17.1 Å². The van der Waals surface area contributed by atoms with E-state index in [4.69, 9.17) is 17.3 Å². The number of rotatable bonds is 3. The molecule has 104 valence electrons. The second kappa shape index (κ2) is 8.54. The maximum atomic E-state index is 10.5. The van der Waals surface area contributed by atoms with E-state index in [1.807, 2.05) is 26.7 Å². The molecular weight excluding hydrogens is 232 g/mol. The fraction of sp³-hybridized carbons (Fsp3) is 0.692. The fourth-order valence-electron chi connectivity index (χ4n) is 0.682. The Balaban J connectivity index is 0. The number of hydrogen-bond acceptors (Lipinski definition) is 3. The van der Waals surface area contributed by atoms with Gasteiger partial charge in [-0.1, -0.05) is 34.6 Å². The molecule has 0 saturated carbocycles. The maximum Gasteiger partial charge on any atom is 0.320 e. The van der Waals surface area contributed by atoms with Gasteiger partial charge in [-0.3, -0.25) is 9.59 Å². The number of carboxylic acids is 1. The highest BCUT2D eigenvalue weighted by Crippen LogP contribution is 2.09. The molecule has 0 aliphatic heterocycles. The van der Waals surface area contributed by atoms with E-state index < -0.39 is 12.0 Å². The van der Waals surface area contributed by atoms with Crippen molar-refractivity contribution in [3.63, 3.8) is 0 Å². The molecular formula is C13H24N2O3. The molecule has 0 radical (unpaired) electrons. The van der Waals surface area contributed by atoms with Crippen molar-refractivity contribution in [2.75, 3.05) is 6.54 Å². The summed E-state index contributed by atoms with van der Waals surface area (Å²) in [7, 11) is 0. The van der Waals surface area contributed by atoms with E-state index in [2.05, 4.69) is 5.32 Å². The molecule has 0 aliphatic rings. The van der Waals surface area contributed by atoms with Crippen LogP contribution in [-0.4, -0.2) is 29.6 Å². The van der Waals surface area contributed by atoms with E-state index in [0.717, 1.165) is 0 Å². The Morgan fingerprint density at radius 2 is 1.83 bits per heavy atom. The highest BCUT2D eigenvalue weighted by Gasteiger charge is 2.14. The van der Waals surface area contributed by atoms with Crippen LogP contribution < -0.4 is 11.1 Å². The third-order valence-corrected chi connectivity index (χ3v) is 1.91. The van der Waals surface area contributed by atoms with E-state index in [1.54, 1.807) is 13.8 Å². The van der Waals surface area contributed by atoms with Gasteiger partial charge in [-0.2, -0.15) is 0 Å². The molecule has 4 N–H and O–H groups in total. The lowest BCUT2D eigenvalue weighted by Gasteiger charge is -2.17. The Labute approximate surface area is 109 Å². The molecule has 0 saturated heterocycles. The van der Waals surface area contributed by atoms with Crippen LogP contribution in [0.5, 0.6) is 0 Å². The number of hydrogen-bond donors (Lipinski definition) is 3. The number of amides is 1. The summed E-state index contributed by atoms with van der Waals surface area (Å²) in [4.78, 5) is 20.5. The number of carboxylic acid groups (broad SMARTS) is 1. The molecule has 0 rings (SSSR count). The monoisotopic (exact) mass is 256 g/mol. The van der Waals surface area contributed by atoms with Crippen LogP contribution >= 0.6 is 0 Å². The van der Waals surface area contributed by atoms with Gasteiger partial charge in [0.15, 0.2) is 0 Å². The average molecular weight is 256 g/mol. The van der Waals surface area contributed by atoms with Crippen LogP contribution in [0.15, 0.2) is 0 Å². The molecule has 1 amide bonds. The zero-order chi connectivity index (χ0) is 14.9. The van der Waals surface area contributed by atoms with E-state index in [1.165, 1.54) is 0 Å². The van der Waals surface area contributed by atoms with Gasteiger partial charge >= 0.3 is 5.97 Å². The molecule has 5 nitrogen and oxygen atoms in total. The molecule has 0 aromatic carbocycles. The molecule has 18 heavy (non-hydrogen) atoms. The number of carbonyl (C=O) groups excluding carboxylic acids is 1. The summed E-state index contributed by atoms with van der Waals surface area (Å²) in [5, 5.41) is 10.8. The second-order valence-electron chi connectivity index (χ2n) is 5.50. The SMILES string of the molecule is C#CC(=O)NCC(C)(C)C.CC(C)[C@H](N)C(=O)O. The normalized spacial score (nSPS) is 11.9. The van der Waals surface area contributed by atoms with E-state index >= 15 is 0 Å². The van der Waals surface area contributed by atoms with Gasteiger partial charge in [-0.05, 0) is 17.3 Å². The van der Waals surface area contributed by atoms with E-state index in [9.17, 15) is 9.59 Å². The lowest BCUT2D eigenvalue weighted by Crippen LogP contribution is -2.34. The highest BCUT2D eigenvalue weighted by molar-refractivity contribution is 5.92. The van der Waals surface area contributed by atoms with Crippen molar-refractivity contribution in [3.05, 3.63) is 0 Å². The van der Waals surface area contributed by atoms with Gasteiger partial charge in [0.25, 0.3) is 5.91 Å². The lowest BCUT2D eigenvalue weighted by molar-refractivity contribution is -0.139. The average Bonchev–Trinajstić information content (AvgIpc) is 2.24. The smallest absolute Gasteiger partial charge is 0.320 e. The largest absolute Gasteiger partial charge is 0.480 e. The van der Waals surface area contributed by atoms with E-state index in [0.29, 0.717) is 6.54 Å². The van der Waals surface area contributed by atoms with Crippen molar-refractivity contribution < 1.29 is 14.7 Å². The summed E-state index contributed by atoms with van der Waals surface area (Å²) < 4.78 is 0. The zero-order valence-electron chi connectivity index (χ0n) is 11.8. The number of nitrogens with two attached hydrogens (primary N) is 1. The maximum absolute atomic E-state index is 10.5. The van der Waals surface area contributed by atoms with Gasteiger partial charge in [0, 0.05) is 6.54 Å². The molecule has 0 aromatic rings. The molecule has 0 fully saturated rings. The predicted molar refractivity (Wildman–Crippen MR) is 71.7 cm³/mol. The summed E-state index contributed by atoms with van der Waals surface area (Å²) in [6, 6.07) is -0.713. The molecule has 5 heteroatoms. The van der Waals surface area contributed by atoms with Crippen LogP contribution in [0.25, 0.3) is 0 Å². The Hall–Kier alpha value is -1.54. The number of terminal acetylenes is 1. The van der Waals surface area contributed by atoms with Crippen LogP contribution in [0, 0.1) is 23.7 Å². The first-order valence-electron chi connectivity index (χ1n) is 5.74. The van der Waals surface area contributed by atoms with Crippen molar-refractivity contribution in [1.29, 1.82) is 0 Å². The number of carbonyl (C=O) groups is 2. The Morgan fingerprint density at radius 1 is 1.39 bits per heavy atom. The highest BCUT2D eigenvalue weighted by atomic mass is 16.4. The lowest BCUT2D eigenvalue weighted by atomic mass is 9.97. The van der Waals surface area contributed by atoms with Gasteiger partial charge in [-0.15, -0.1) is 6.42 Å². The Bertz CT molecular complexity index is 311. The molecule has 0 aromatic heterocycles. The first-order valence-corrected chi connectivity index (χ1v) is 5.74. The minimum Gasteiger partial charge on any atom is -0.480 e. The van der Waals surface area contributed by atoms with Crippen LogP contribution in [0.1, 0.15) is 34.6 Å². The predicted octanol–water partition coefficient (Wildman–Crippen LogP) is 0.836. The third-order valence-electron chi connectivity index (χ3n) is 1.91. The summed E-state index contributed by atoms with van der Waals surface area (Å²) in [6.45, 7) is 10.3. The summed E-state index contributed by atoms with van der Waals surface area (Å²) in [5.74, 6) is 0.740. The molecule has 0 unspecified atom stereocenters. The minimum atomic E-state index is -0.931. The van der Waals surface area contributed by atoms with Crippen LogP contribution in [-0.2, 0) is 9.59 Å².